The van der Waals surface area contributed by atoms with Crippen molar-refractivity contribution < 1.29 is 33.2 Å². The summed E-state index contributed by atoms with van der Waals surface area (Å²) in [6, 6.07) is 0. The zero-order chi connectivity index (χ0) is 23.6. The van der Waals surface area contributed by atoms with Crippen molar-refractivity contribution in [1.82, 2.24) is 0 Å². The van der Waals surface area contributed by atoms with E-state index in [1.165, 1.54) is 6.42 Å². The highest BCUT2D eigenvalue weighted by Gasteiger charge is 2.80. The van der Waals surface area contributed by atoms with Crippen LogP contribution in [0.5, 0.6) is 0 Å². The van der Waals surface area contributed by atoms with Gasteiger partial charge in [-0.05, 0) is 56.3 Å². The third kappa shape index (κ3) is 2.74. The molecule has 4 aliphatic carbocycles. The van der Waals surface area contributed by atoms with E-state index < -0.39 is 11.6 Å². The number of hydrogen-bond acceptors (Lipinski definition) is 7. The van der Waals surface area contributed by atoms with E-state index in [0.29, 0.717) is 50.1 Å². The van der Waals surface area contributed by atoms with Gasteiger partial charge in [0, 0.05) is 37.0 Å². The van der Waals surface area contributed by atoms with Gasteiger partial charge in [-0.15, -0.1) is 0 Å². The summed E-state index contributed by atoms with van der Waals surface area (Å²) >= 11 is 0. The molecule has 3 saturated heterocycles. The summed E-state index contributed by atoms with van der Waals surface area (Å²) in [6.07, 6.45) is 7.02. The molecule has 0 radical (unpaired) electrons. The van der Waals surface area contributed by atoms with E-state index in [0.717, 1.165) is 38.5 Å². The second-order valence-electron chi connectivity index (χ2n) is 12.9. The van der Waals surface area contributed by atoms with Gasteiger partial charge < -0.3 is 28.4 Å². The predicted octanol–water partition coefficient (Wildman–Crippen LogP) is 3.82. The fraction of sp³-hybridized carbons (Fsp3) is 0.963. The second-order valence-corrected chi connectivity index (χ2v) is 12.9. The van der Waals surface area contributed by atoms with Gasteiger partial charge in [0.05, 0.1) is 32.5 Å². The van der Waals surface area contributed by atoms with E-state index in [-0.39, 0.29) is 34.6 Å². The first-order chi connectivity index (χ1) is 16.1. The molecule has 9 atom stereocenters. The van der Waals surface area contributed by atoms with E-state index >= 15 is 0 Å². The highest BCUT2D eigenvalue weighted by molar-refractivity contribution is 5.66. The van der Waals surface area contributed by atoms with Crippen LogP contribution in [0.3, 0.4) is 0 Å². The second kappa shape index (κ2) is 6.97. The van der Waals surface area contributed by atoms with Gasteiger partial charge in [-0.1, -0.05) is 13.8 Å². The largest absolute Gasteiger partial charge is 0.462 e. The molecule has 3 heterocycles. The number of carbonyl (C=O) groups is 1. The first-order valence-corrected chi connectivity index (χ1v) is 13.6. The Balaban J connectivity index is 1.26. The standard InChI is InChI=1S/C27H40O7/c1-16(28)33-19-14-23(2)18(5-6-20(23)25(4)29-9-10-30-25)17-13-21-27(34-21)15-26(31-11-12-32-26)8-7-24(27,3)22(17)19/h17-22H,5-15H2,1-4H3. The number of epoxide rings is 1. The molecule has 9 unspecified atom stereocenters. The molecule has 7 aliphatic rings. The maximum atomic E-state index is 12.4. The van der Waals surface area contributed by atoms with Crippen LogP contribution in [-0.2, 0) is 33.2 Å². The van der Waals surface area contributed by atoms with Gasteiger partial charge in [-0.3, -0.25) is 4.79 Å². The number of fused-ring (bicyclic) bond motifs is 4. The van der Waals surface area contributed by atoms with E-state index in [1.54, 1.807) is 6.92 Å². The van der Waals surface area contributed by atoms with Crippen molar-refractivity contribution in [3.05, 3.63) is 0 Å². The number of hydrogen-bond donors (Lipinski definition) is 0. The third-order valence-electron chi connectivity index (χ3n) is 11.6. The van der Waals surface area contributed by atoms with Gasteiger partial charge in [0.2, 0.25) is 0 Å². The van der Waals surface area contributed by atoms with Crippen LogP contribution in [0.25, 0.3) is 0 Å². The van der Waals surface area contributed by atoms with Gasteiger partial charge in [0.25, 0.3) is 0 Å². The van der Waals surface area contributed by atoms with E-state index in [4.69, 9.17) is 28.4 Å². The Bertz CT molecular complexity index is 878. The molecule has 7 nitrogen and oxygen atoms in total. The Morgan fingerprint density at radius 1 is 0.941 bits per heavy atom. The molecule has 0 aromatic rings. The summed E-state index contributed by atoms with van der Waals surface area (Å²) in [5, 5.41) is 0. The Morgan fingerprint density at radius 3 is 2.35 bits per heavy atom. The highest BCUT2D eigenvalue weighted by atomic mass is 16.7. The molecule has 4 saturated carbocycles. The van der Waals surface area contributed by atoms with Crippen LogP contribution in [0.1, 0.15) is 72.6 Å². The fourth-order valence-electron chi connectivity index (χ4n) is 10.4. The lowest BCUT2D eigenvalue weighted by atomic mass is 9.43. The molecule has 7 rings (SSSR count). The monoisotopic (exact) mass is 476 g/mol. The maximum absolute atomic E-state index is 12.4. The third-order valence-corrected chi connectivity index (χ3v) is 11.6. The SMILES string of the molecule is CC(=O)OC1CC2(C)C(CCC2C2(C)OCCO2)C2CC3OC34CC3(CCC4(C)C12)OCCO3. The number of ether oxygens (including phenoxy) is 6. The Hall–Kier alpha value is -0.730. The molecule has 34 heavy (non-hydrogen) atoms. The summed E-state index contributed by atoms with van der Waals surface area (Å²) in [6.45, 7) is 11.2. The van der Waals surface area contributed by atoms with Crippen LogP contribution >= 0.6 is 0 Å². The molecule has 3 aliphatic heterocycles. The minimum Gasteiger partial charge on any atom is -0.462 e. The molecule has 0 aromatic heterocycles. The highest BCUT2D eigenvalue weighted by Crippen LogP contribution is 2.76. The van der Waals surface area contributed by atoms with Crippen LogP contribution in [-0.4, -0.2) is 61.8 Å². The van der Waals surface area contributed by atoms with Crippen molar-refractivity contribution in [3.63, 3.8) is 0 Å². The van der Waals surface area contributed by atoms with E-state index in [2.05, 4.69) is 20.8 Å². The number of rotatable bonds is 2. The molecular weight excluding hydrogens is 436 g/mol. The lowest BCUT2D eigenvalue weighted by molar-refractivity contribution is -0.252. The average molecular weight is 477 g/mol. The Labute approximate surface area is 202 Å². The zero-order valence-corrected chi connectivity index (χ0v) is 21.1. The summed E-state index contributed by atoms with van der Waals surface area (Å²) < 4.78 is 37.6. The lowest BCUT2D eigenvalue weighted by Gasteiger charge is -2.62. The molecule has 0 N–H and O–H groups in total. The Kier molecular flexibility index (Phi) is 4.61. The number of esters is 1. The molecule has 0 amide bonds. The summed E-state index contributed by atoms with van der Waals surface area (Å²) in [5.41, 5.74) is -0.255. The molecule has 7 heteroatoms. The van der Waals surface area contributed by atoms with Gasteiger partial charge in [0.15, 0.2) is 11.6 Å². The van der Waals surface area contributed by atoms with Crippen LogP contribution in [0, 0.1) is 34.5 Å². The zero-order valence-electron chi connectivity index (χ0n) is 21.1. The lowest BCUT2D eigenvalue weighted by Crippen LogP contribution is -2.65. The minimum atomic E-state index is -0.538. The van der Waals surface area contributed by atoms with Crippen molar-refractivity contribution in [2.24, 2.45) is 34.5 Å². The summed E-state index contributed by atoms with van der Waals surface area (Å²) in [4.78, 5) is 12.4. The van der Waals surface area contributed by atoms with Gasteiger partial charge in [-0.25, -0.2) is 0 Å². The van der Waals surface area contributed by atoms with Crippen LogP contribution < -0.4 is 0 Å². The molecule has 190 valence electrons. The van der Waals surface area contributed by atoms with Crippen molar-refractivity contribution in [2.75, 3.05) is 26.4 Å². The van der Waals surface area contributed by atoms with Gasteiger partial charge in [0.1, 0.15) is 11.7 Å². The Morgan fingerprint density at radius 2 is 1.65 bits per heavy atom. The number of carbonyl (C=O) groups excluding carboxylic acids is 1. The fourth-order valence-corrected chi connectivity index (χ4v) is 10.4. The van der Waals surface area contributed by atoms with Gasteiger partial charge in [-0.2, -0.15) is 0 Å². The van der Waals surface area contributed by atoms with Crippen molar-refractivity contribution in [2.45, 2.75) is 102 Å². The van der Waals surface area contributed by atoms with E-state index in [1.807, 2.05) is 0 Å². The quantitative estimate of drug-likeness (QED) is 0.443. The van der Waals surface area contributed by atoms with Crippen molar-refractivity contribution in [3.8, 4) is 0 Å². The van der Waals surface area contributed by atoms with Crippen molar-refractivity contribution >= 4 is 5.97 Å². The summed E-state index contributed by atoms with van der Waals surface area (Å²) in [7, 11) is 0. The van der Waals surface area contributed by atoms with Crippen LogP contribution in [0.4, 0.5) is 0 Å². The van der Waals surface area contributed by atoms with Crippen molar-refractivity contribution in [1.29, 1.82) is 0 Å². The first-order valence-electron chi connectivity index (χ1n) is 13.6. The minimum absolute atomic E-state index is 0.0131. The van der Waals surface area contributed by atoms with Crippen LogP contribution in [0.15, 0.2) is 0 Å². The topological polar surface area (TPSA) is 75.8 Å². The predicted molar refractivity (Wildman–Crippen MR) is 121 cm³/mol. The average Bonchev–Trinajstić information content (AvgIpc) is 3.12. The maximum Gasteiger partial charge on any atom is 0.302 e. The van der Waals surface area contributed by atoms with Crippen LogP contribution in [0.2, 0.25) is 0 Å². The molecule has 7 fully saturated rings. The first kappa shape index (κ1) is 22.5. The van der Waals surface area contributed by atoms with E-state index in [9.17, 15) is 4.79 Å². The summed E-state index contributed by atoms with van der Waals surface area (Å²) in [5.74, 6) is 0.446. The normalized spacial score (nSPS) is 54.1. The smallest absolute Gasteiger partial charge is 0.302 e. The molecule has 0 aromatic carbocycles. The molecule has 2 spiro atoms. The molecule has 0 bridgehead atoms. The molecular formula is C27H40O7. The van der Waals surface area contributed by atoms with Gasteiger partial charge >= 0.3 is 5.97 Å².